The third-order valence-corrected chi connectivity index (χ3v) is 4.20. The van der Waals surface area contributed by atoms with E-state index in [1.165, 1.54) is 5.56 Å². The van der Waals surface area contributed by atoms with Crippen molar-refractivity contribution in [3.8, 4) is 5.75 Å². The average Bonchev–Trinajstić information content (AvgIpc) is 2.64. The van der Waals surface area contributed by atoms with E-state index in [0.29, 0.717) is 17.6 Å². The Morgan fingerprint density at radius 3 is 2.72 bits per heavy atom. The van der Waals surface area contributed by atoms with Gasteiger partial charge in [0.25, 0.3) is 0 Å². The lowest BCUT2D eigenvalue weighted by Crippen LogP contribution is -2.33. The summed E-state index contributed by atoms with van der Waals surface area (Å²) in [6, 6.07) is 18.3. The molecule has 0 saturated heterocycles. The smallest absolute Gasteiger partial charge is 0.170 e. The normalized spacial score (nSPS) is 11.4. The summed E-state index contributed by atoms with van der Waals surface area (Å²) in [7, 11) is 0. The lowest BCUT2D eigenvalue weighted by Gasteiger charge is -2.18. The summed E-state index contributed by atoms with van der Waals surface area (Å²) in [5, 5.41) is 7.18. The lowest BCUT2D eigenvalue weighted by atomic mass is 9.97. The summed E-state index contributed by atoms with van der Waals surface area (Å²) >= 11 is 5.42. The average molecular weight is 355 g/mol. The third kappa shape index (κ3) is 6.98. The Bertz CT molecular complexity index is 673. The number of rotatable bonds is 9. The van der Waals surface area contributed by atoms with E-state index < -0.39 is 0 Å². The van der Waals surface area contributed by atoms with Gasteiger partial charge in [0.2, 0.25) is 0 Å². The number of hydrogen-bond acceptors (Lipinski definition) is 2. The molecule has 0 saturated carbocycles. The third-order valence-electron chi connectivity index (χ3n) is 3.96. The fourth-order valence-corrected chi connectivity index (χ4v) is 2.74. The zero-order chi connectivity index (χ0) is 17.9. The van der Waals surface area contributed by atoms with Crippen LogP contribution in [0.2, 0.25) is 0 Å². The van der Waals surface area contributed by atoms with Crippen LogP contribution < -0.4 is 15.4 Å². The first-order valence-electron chi connectivity index (χ1n) is 8.63. The molecule has 0 amide bonds. The van der Waals surface area contributed by atoms with Gasteiger partial charge in [0, 0.05) is 18.3 Å². The van der Waals surface area contributed by atoms with Crippen molar-refractivity contribution in [2.75, 3.05) is 18.5 Å². The van der Waals surface area contributed by atoms with Crippen molar-refractivity contribution in [3.63, 3.8) is 0 Å². The summed E-state index contributed by atoms with van der Waals surface area (Å²) in [4.78, 5) is 0. The summed E-state index contributed by atoms with van der Waals surface area (Å²) in [5.74, 6) is 1.34. The molecule has 0 aliphatic rings. The minimum atomic E-state index is 0.490. The van der Waals surface area contributed by atoms with Crippen molar-refractivity contribution in [2.24, 2.45) is 5.92 Å². The highest BCUT2D eigenvalue weighted by Crippen LogP contribution is 2.17. The Morgan fingerprint density at radius 2 is 2.00 bits per heavy atom. The fourth-order valence-electron chi connectivity index (χ4n) is 2.54. The second-order valence-corrected chi connectivity index (χ2v) is 6.33. The first-order chi connectivity index (χ1) is 12.2. The van der Waals surface area contributed by atoms with Crippen molar-refractivity contribution in [1.82, 2.24) is 5.32 Å². The molecule has 0 aliphatic carbocycles. The number of nitrogens with one attached hydrogen (secondary N) is 2. The topological polar surface area (TPSA) is 33.3 Å². The van der Waals surface area contributed by atoms with Gasteiger partial charge in [0.1, 0.15) is 12.4 Å². The Hall–Kier alpha value is -2.33. The van der Waals surface area contributed by atoms with Gasteiger partial charge in [-0.1, -0.05) is 62.4 Å². The van der Waals surface area contributed by atoms with E-state index in [2.05, 4.69) is 54.5 Å². The zero-order valence-electron chi connectivity index (χ0n) is 14.7. The van der Waals surface area contributed by atoms with Crippen molar-refractivity contribution in [3.05, 3.63) is 72.8 Å². The minimum Gasteiger partial charge on any atom is -0.489 e. The van der Waals surface area contributed by atoms with E-state index in [9.17, 15) is 0 Å². The molecule has 0 spiro atoms. The van der Waals surface area contributed by atoms with E-state index in [0.717, 1.165) is 30.8 Å². The standard InChI is InChI=1S/C21H26N2OS/c1-3-13-24-20-12-8-11-19(15-20)23-21(25)22-16-17(4-2)14-18-9-6-5-7-10-18/h3,5-12,15,17H,1,4,13-14,16H2,2H3,(H2,22,23,25). The van der Waals surface area contributed by atoms with E-state index in [-0.39, 0.29) is 0 Å². The van der Waals surface area contributed by atoms with E-state index in [1.807, 2.05) is 24.3 Å². The lowest BCUT2D eigenvalue weighted by molar-refractivity contribution is 0.363. The number of benzene rings is 2. The maximum atomic E-state index is 5.54. The fraction of sp³-hybridized carbons (Fsp3) is 0.286. The van der Waals surface area contributed by atoms with Crippen molar-refractivity contribution in [1.29, 1.82) is 0 Å². The number of ether oxygens (including phenoxy) is 1. The Labute approximate surface area is 156 Å². The zero-order valence-corrected chi connectivity index (χ0v) is 15.5. The van der Waals surface area contributed by atoms with Gasteiger partial charge in [-0.2, -0.15) is 0 Å². The van der Waals surface area contributed by atoms with Gasteiger partial charge in [0.15, 0.2) is 5.11 Å². The highest BCUT2D eigenvalue weighted by molar-refractivity contribution is 7.80. The first-order valence-corrected chi connectivity index (χ1v) is 9.04. The maximum Gasteiger partial charge on any atom is 0.170 e. The van der Waals surface area contributed by atoms with Gasteiger partial charge < -0.3 is 15.4 Å². The van der Waals surface area contributed by atoms with Crippen molar-refractivity contribution >= 4 is 23.0 Å². The minimum absolute atomic E-state index is 0.490. The molecule has 0 bridgehead atoms. The Kier molecular flexibility index (Phi) is 7.99. The molecule has 1 unspecified atom stereocenters. The molecule has 2 N–H and O–H groups in total. The molecule has 2 aromatic carbocycles. The summed E-state index contributed by atoms with van der Waals surface area (Å²) in [6.07, 6.45) is 3.89. The molecule has 0 radical (unpaired) electrons. The van der Waals surface area contributed by atoms with E-state index in [4.69, 9.17) is 17.0 Å². The van der Waals surface area contributed by atoms with Crippen LogP contribution in [0.4, 0.5) is 5.69 Å². The number of hydrogen-bond donors (Lipinski definition) is 2. The second-order valence-electron chi connectivity index (χ2n) is 5.93. The van der Waals surface area contributed by atoms with Gasteiger partial charge in [-0.15, -0.1) is 0 Å². The van der Waals surface area contributed by atoms with Crippen LogP contribution in [0, 0.1) is 5.92 Å². The molecule has 25 heavy (non-hydrogen) atoms. The molecule has 0 fully saturated rings. The molecule has 0 heterocycles. The number of thiocarbonyl (C=S) groups is 1. The van der Waals surface area contributed by atoms with Gasteiger partial charge >= 0.3 is 0 Å². The van der Waals surface area contributed by atoms with Gasteiger partial charge in [-0.05, 0) is 42.3 Å². The van der Waals surface area contributed by atoms with Crippen LogP contribution in [-0.2, 0) is 6.42 Å². The highest BCUT2D eigenvalue weighted by atomic mass is 32.1. The molecule has 4 heteroatoms. The number of anilines is 1. The molecule has 0 aliphatic heterocycles. The SMILES string of the molecule is C=CCOc1cccc(NC(=S)NCC(CC)Cc2ccccc2)c1. The molecular formula is C21H26N2OS. The van der Waals surface area contributed by atoms with Crippen LogP contribution >= 0.6 is 12.2 Å². The van der Waals surface area contributed by atoms with Gasteiger partial charge in [-0.25, -0.2) is 0 Å². The van der Waals surface area contributed by atoms with Crippen LogP contribution in [0.25, 0.3) is 0 Å². The van der Waals surface area contributed by atoms with Crippen LogP contribution in [0.5, 0.6) is 5.75 Å². The van der Waals surface area contributed by atoms with Crippen molar-refractivity contribution in [2.45, 2.75) is 19.8 Å². The summed E-state index contributed by atoms with van der Waals surface area (Å²) in [6.45, 7) is 7.21. The molecule has 1 atom stereocenters. The predicted octanol–water partition coefficient (Wildman–Crippen LogP) is 4.81. The van der Waals surface area contributed by atoms with E-state index >= 15 is 0 Å². The first kappa shape index (κ1) is 19.0. The van der Waals surface area contributed by atoms with Crippen LogP contribution in [0.3, 0.4) is 0 Å². The molecule has 0 aromatic heterocycles. The van der Waals surface area contributed by atoms with Crippen LogP contribution in [0.15, 0.2) is 67.3 Å². The van der Waals surface area contributed by atoms with Crippen molar-refractivity contribution < 1.29 is 4.74 Å². The second kappa shape index (κ2) is 10.5. The monoisotopic (exact) mass is 354 g/mol. The highest BCUT2D eigenvalue weighted by Gasteiger charge is 2.08. The van der Waals surface area contributed by atoms with E-state index in [1.54, 1.807) is 6.08 Å². The predicted molar refractivity (Wildman–Crippen MR) is 110 cm³/mol. The Balaban J connectivity index is 1.82. The molecular weight excluding hydrogens is 328 g/mol. The van der Waals surface area contributed by atoms with Crippen LogP contribution in [0.1, 0.15) is 18.9 Å². The molecule has 3 nitrogen and oxygen atoms in total. The molecule has 2 rings (SSSR count). The summed E-state index contributed by atoms with van der Waals surface area (Å²) in [5.41, 5.74) is 2.28. The molecule has 132 valence electrons. The summed E-state index contributed by atoms with van der Waals surface area (Å²) < 4.78 is 5.54. The van der Waals surface area contributed by atoms with Gasteiger partial charge in [0.05, 0.1) is 0 Å². The Morgan fingerprint density at radius 1 is 1.20 bits per heavy atom. The quantitative estimate of drug-likeness (QED) is 0.500. The van der Waals surface area contributed by atoms with Crippen LogP contribution in [-0.4, -0.2) is 18.3 Å². The largest absolute Gasteiger partial charge is 0.489 e. The molecule has 2 aromatic rings. The maximum absolute atomic E-state index is 5.54. The van der Waals surface area contributed by atoms with Gasteiger partial charge in [-0.3, -0.25) is 0 Å².